The molecule has 0 fully saturated rings. The zero-order valence-corrected chi connectivity index (χ0v) is 9.64. The van der Waals surface area contributed by atoms with Gasteiger partial charge in [-0.2, -0.15) is 0 Å². The van der Waals surface area contributed by atoms with E-state index in [1.54, 1.807) is 0 Å². The Labute approximate surface area is 98.2 Å². The molecule has 0 aliphatic rings. The maximum atomic E-state index is 11.5. The van der Waals surface area contributed by atoms with E-state index in [0.29, 0.717) is 0 Å². The van der Waals surface area contributed by atoms with Gasteiger partial charge in [-0.15, -0.1) is 0 Å². The second-order valence-corrected chi connectivity index (χ2v) is 3.60. The first-order valence-corrected chi connectivity index (χ1v) is 4.99. The summed E-state index contributed by atoms with van der Waals surface area (Å²) in [7, 11) is 0. The van der Waals surface area contributed by atoms with Gasteiger partial charge in [-0.25, -0.2) is 0 Å². The molecule has 0 radical (unpaired) electrons. The van der Waals surface area contributed by atoms with E-state index in [0.717, 1.165) is 0 Å². The predicted molar refractivity (Wildman–Crippen MR) is 57.9 cm³/mol. The predicted octanol–water partition coefficient (Wildman–Crippen LogP) is -2.60. The number of hydrogen-bond donors (Lipinski definition) is 5. The van der Waals surface area contributed by atoms with E-state index in [1.165, 1.54) is 13.8 Å². The minimum atomic E-state index is -1.21. The fourth-order valence-electron chi connectivity index (χ4n) is 0.873. The molecule has 8 heteroatoms. The summed E-state index contributed by atoms with van der Waals surface area (Å²) in [6.45, 7) is 2.04. The van der Waals surface area contributed by atoms with Crippen molar-refractivity contribution >= 4 is 17.8 Å². The summed E-state index contributed by atoms with van der Waals surface area (Å²) < 4.78 is 0. The van der Waals surface area contributed by atoms with Crippen LogP contribution in [0.2, 0.25) is 0 Å². The fraction of sp³-hybridized carbons (Fsp3) is 0.667. The molecular weight excluding hydrogens is 230 g/mol. The van der Waals surface area contributed by atoms with Crippen molar-refractivity contribution in [2.75, 3.05) is 6.61 Å². The summed E-state index contributed by atoms with van der Waals surface area (Å²) in [5.74, 6) is -2.60. The second-order valence-electron chi connectivity index (χ2n) is 3.60. The molecule has 98 valence electrons. The molecular formula is C9H17N3O5. The molecule has 0 aromatic rings. The average Bonchev–Trinajstić information content (AvgIpc) is 2.24. The number of nitrogens with two attached hydrogens (primary N) is 1. The normalized spacial score (nSPS) is 15.5. The highest BCUT2D eigenvalue weighted by Gasteiger charge is 2.24. The molecule has 0 aromatic heterocycles. The van der Waals surface area contributed by atoms with Crippen LogP contribution >= 0.6 is 0 Å². The quantitative estimate of drug-likeness (QED) is 0.348. The third kappa shape index (κ3) is 5.27. The maximum absolute atomic E-state index is 11.5. The van der Waals surface area contributed by atoms with Crippen LogP contribution in [0.15, 0.2) is 0 Å². The van der Waals surface area contributed by atoms with Gasteiger partial charge in [0.15, 0.2) is 0 Å². The van der Waals surface area contributed by atoms with Gasteiger partial charge in [0.1, 0.15) is 12.1 Å². The van der Waals surface area contributed by atoms with Gasteiger partial charge in [-0.3, -0.25) is 14.4 Å². The first kappa shape index (κ1) is 15.3. The SMILES string of the molecule is C[C@H](N)C(=O)N[C@@H](CO)C(=O)N[C@@H](C)C(=O)O. The van der Waals surface area contributed by atoms with Crippen LogP contribution in [-0.2, 0) is 14.4 Å². The summed E-state index contributed by atoms with van der Waals surface area (Å²) >= 11 is 0. The molecule has 0 heterocycles. The third-order valence-electron chi connectivity index (χ3n) is 1.96. The number of aliphatic hydroxyl groups is 1. The average molecular weight is 247 g/mol. The number of carboxylic acids is 1. The van der Waals surface area contributed by atoms with Crippen LogP contribution in [-0.4, -0.2) is 52.7 Å². The van der Waals surface area contributed by atoms with Crippen LogP contribution in [0.5, 0.6) is 0 Å². The number of carbonyl (C=O) groups is 3. The van der Waals surface area contributed by atoms with Crippen LogP contribution in [0.4, 0.5) is 0 Å². The second kappa shape index (κ2) is 6.81. The Morgan fingerprint density at radius 2 is 1.71 bits per heavy atom. The molecule has 6 N–H and O–H groups in total. The topological polar surface area (TPSA) is 142 Å². The van der Waals surface area contributed by atoms with Crippen LogP contribution in [0.3, 0.4) is 0 Å². The minimum absolute atomic E-state index is 0.609. The highest BCUT2D eigenvalue weighted by molar-refractivity contribution is 5.91. The lowest BCUT2D eigenvalue weighted by Gasteiger charge is -2.18. The molecule has 17 heavy (non-hydrogen) atoms. The zero-order valence-electron chi connectivity index (χ0n) is 9.64. The van der Waals surface area contributed by atoms with Gasteiger partial charge in [0, 0.05) is 0 Å². The first-order chi connectivity index (χ1) is 7.79. The number of aliphatic hydroxyl groups excluding tert-OH is 1. The van der Waals surface area contributed by atoms with Crippen LogP contribution in [0.25, 0.3) is 0 Å². The Kier molecular flexibility index (Phi) is 6.15. The van der Waals surface area contributed by atoms with Gasteiger partial charge >= 0.3 is 5.97 Å². The number of aliphatic carboxylic acids is 1. The monoisotopic (exact) mass is 247 g/mol. The van der Waals surface area contributed by atoms with Gasteiger partial charge in [0.05, 0.1) is 12.6 Å². The van der Waals surface area contributed by atoms with Crippen molar-refractivity contribution in [3.63, 3.8) is 0 Å². The molecule has 0 saturated carbocycles. The number of amides is 2. The summed E-state index contributed by atoms with van der Waals surface area (Å²) in [6.07, 6.45) is 0. The lowest BCUT2D eigenvalue weighted by atomic mass is 10.2. The van der Waals surface area contributed by atoms with Crippen LogP contribution < -0.4 is 16.4 Å². The van der Waals surface area contributed by atoms with Gasteiger partial charge in [0.25, 0.3) is 0 Å². The Balaban J connectivity index is 4.41. The Morgan fingerprint density at radius 3 is 2.06 bits per heavy atom. The largest absolute Gasteiger partial charge is 0.480 e. The standard InChI is InChI=1S/C9H17N3O5/c1-4(10)7(14)12-6(3-13)8(15)11-5(2)9(16)17/h4-6,13H,3,10H2,1-2H3,(H,11,15)(H,12,14)(H,16,17)/t4-,5-,6-/m0/s1. The van der Waals surface area contributed by atoms with Crippen LogP contribution in [0, 0.1) is 0 Å². The molecule has 0 aliphatic heterocycles. The molecule has 0 saturated heterocycles. The van der Waals surface area contributed by atoms with Crippen molar-refractivity contribution in [1.82, 2.24) is 10.6 Å². The highest BCUT2D eigenvalue weighted by atomic mass is 16.4. The third-order valence-corrected chi connectivity index (χ3v) is 1.96. The Hall–Kier alpha value is -1.67. The van der Waals surface area contributed by atoms with E-state index in [2.05, 4.69) is 10.6 Å². The maximum Gasteiger partial charge on any atom is 0.325 e. The number of hydrogen-bond acceptors (Lipinski definition) is 5. The number of rotatable bonds is 6. The van der Waals surface area contributed by atoms with E-state index >= 15 is 0 Å². The summed E-state index contributed by atoms with van der Waals surface area (Å²) in [5, 5.41) is 21.8. The minimum Gasteiger partial charge on any atom is -0.480 e. The fourth-order valence-corrected chi connectivity index (χ4v) is 0.873. The molecule has 2 amide bonds. The highest BCUT2D eigenvalue weighted by Crippen LogP contribution is 1.89. The zero-order chi connectivity index (χ0) is 13.6. The van der Waals surface area contributed by atoms with Crippen molar-refractivity contribution in [3.05, 3.63) is 0 Å². The van der Waals surface area contributed by atoms with E-state index in [-0.39, 0.29) is 0 Å². The summed E-state index contributed by atoms with van der Waals surface area (Å²) in [5.41, 5.74) is 5.27. The lowest BCUT2D eigenvalue weighted by Crippen LogP contribution is -2.54. The smallest absolute Gasteiger partial charge is 0.325 e. The van der Waals surface area contributed by atoms with Gasteiger partial charge in [-0.1, -0.05) is 0 Å². The van der Waals surface area contributed by atoms with E-state index in [1.807, 2.05) is 0 Å². The number of nitrogens with one attached hydrogen (secondary N) is 2. The molecule has 0 aromatic carbocycles. The van der Waals surface area contributed by atoms with Crippen molar-refractivity contribution < 1.29 is 24.6 Å². The summed E-state index contributed by atoms with van der Waals surface area (Å²) in [6, 6.07) is -3.15. The summed E-state index contributed by atoms with van der Waals surface area (Å²) in [4.78, 5) is 33.1. The molecule has 0 spiro atoms. The molecule has 0 aliphatic carbocycles. The van der Waals surface area contributed by atoms with Gasteiger partial charge in [-0.05, 0) is 13.8 Å². The van der Waals surface area contributed by atoms with Crippen molar-refractivity contribution in [1.29, 1.82) is 0 Å². The van der Waals surface area contributed by atoms with Crippen molar-refractivity contribution in [3.8, 4) is 0 Å². The number of carbonyl (C=O) groups excluding carboxylic acids is 2. The lowest BCUT2D eigenvalue weighted by molar-refractivity contribution is -0.142. The Bertz CT molecular complexity index is 305. The van der Waals surface area contributed by atoms with Gasteiger partial charge < -0.3 is 26.6 Å². The molecule has 0 bridgehead atoms. The van der Waals surface area contributed by atoms with E-state index in [9.17, 15) is 14.4 Å². The van der Waals surface area contributed by atoms with Crippen LogP contribution in [0.1, 0.15) is 13.8 Å². The molecule has 8 nitrogen and oxygen atoms in total. The Morgan fingerprint density at radius 1 is 1.18 bits per heavy atom. The van der Waals surface area contributed by atoms with E-state index in [4.69, 9.17) is 15.9 Å². The molecule has 3 atom stereocenters. The first-order valence-electron chi connectivity index (χ1n) is 4.99. The number of carboxylic acid groups (broad SMARTS) is 1. The van der Waals surface area contributed by atoms with Crippen molar-refractivity contribution in [2.45, 2.75) is 32.0 Å². The molecule has 0 unspecified atom stereocenters. The molecule has 0 rings (SSSR count). The van der Waals surface area contributed by atoms with E-state index < -0.39 is 42.5 Å². The van der Waals surface area contributed by atoms with Gasteiger partial charge in [0.2, 0.25) is 11.8 Å². The van der Waals surface area contributed by atoms with Crippen molar-refractivity contribution in [2.24, 2.45) is 5.73 Å².